The quantitative estimate of drug-likeness (QED) is 0.639. The first-order chi connectivity index (χ1) is 13.9. The van der Waals surface area contributed by atoms with Gasteiger partial charge in [0, 0.05) is 28.6 Å². The highest BCUT2D eigenvalue weighted by Crippen LogP contribution is 2.32. The van der Waals surface area contributed by atoms with Crippen LogP contribution >= 0.6 is 0 Å². The first-order valence-electron chi connectivity index (χ1n) is 8.59. The monoisotopic (exact) mass is 390 g/mol. The van der Waals surface area contributed by atoms with Crippen molar-refractivity contribution in [3.8, 4) is 11.8 Å². The molecule has 0 bridgehead atoms. The highest BCUT2D eigenvalue weighted by atomic mass is 16.5. The van der Waals surface area contributed by atoms with Crippen LogP contribution in [0.3, 0.4) is 0 Å². The molecule has 1 amide bonds. The smallest absolute Gasteiger partial charge is 0.238 e. The van der Waals surface area contributed by atoms with Gasteiger partial charge >= 0.3 is 0 Å². The van der Waals surface area contributed by atoms with Crippen molar-refractivity contribution in [1.29, 1.82) is 5.26 Å². The number of carboxylic acids is 1. The van der Waals surface area contributed by atoms with Gasteiger partial charge in [0.25, 0.3) is 0 Å². The summed E-state index contributed by atoms with van der Waals surface area (Å²) in [4.78, 5) is 36.4. The van der Waals surface area contributed by atoms with Crippen LogP contribution in [0.4, 0.5) is 5.69 Å². The molecule has 8 nitrogen and oxygen atoms in total. The van der Waals surface area contributed by atoms with Crippen LogP contribution in [0.15, 0.2) is 42.6 Å². The number of carbonyl (C=O) groups excluding carboxylic acids is 3. The SMILES string of the molecule is COc1c(C)c(C(=O)c2ccc(NC(=O)CC#N)c(C(=O)[O-])c2)n2ccccc12. The molecule has 0 atom stereocenters. The highest BCUT2D eigenvalue weighted by Gasteiger charge is 2.23. The van der Waals surface area contributed by atoms with Crippen molar-refractivity contribution >= 4 is 28.9 Å². The van der Waals surface area contributed by atoms with Crippen molar-refractivity contribution in [2.24, 2.45) is 0 Å². The summed E-state index contributed by atoms with van der Waals surface area (Å²) in [6, 6.07) is 10.9. The zero-order valence-corrected chi connectivity index (χ0v) is 15.7. The van der Waals surface area contributed by atoms with Crippen molar-refractivity contribution in [1.82, 2.24) is 4.40 Å². The average Bonchev–Trinajstić information content (AvgIpc) is 2.98. The number of carbonyl (C=O) groups is 3. The highest BCUT2D eigenvalue weighted by molar-refractivity contribution is 6.12. The van der Waals surface area contributed by atoms with Crippen molar-refractivity contribution in [3.63, 3.8) is 0 Å². The number of nitriles is 1. The molecule has 3 rings (SSSR count). The van der Waals surface area contributed by atoms with E-state index in [2.05, 4.69) is 5.32 Å². The molecular weight excluding hydrogens is 374 g/mol. The van der Waals surface area contributed by atoms with Gasteiger partial charge in [-0.2, -0.15) is 5.26 Å². The van der Waals surface area contributed by atoms with E-state index in [0.717, 1.165) is 6.07 Å². The fraction of sp³-hybridized carbons (Fsp3) is 0.143. The van der Waals surface area contributed by atoms with E-state index in [0.29, 0.717) is 22.5 Å². The van der Waals surface area contributed by atoms with Gasteiger partial charge < -0.3 is 24.4 Å². The Bertz CT molecular complexity index is 1190. The van der Waals surface area contributed by atoms with Gasteiger partial charge in [-0.1, -0.05) is 6.07 Å². The van der Waals surface area contributed by atoms with E-state index in [1.807, 2.05) is 12.1 Å². The molecule has 0 unspecified atom stereocenters. The first-order valence-corrected chi connectivity index (χ1v) is 8.59. The Kier molecular flexibility index (Phi) is 5.32. The molecular formula is C21H16N3O5-. The number of hydrogen-bond donors (Lipinski definition) is 1. The molecule has 0 saturated carbocycles. The molecule has 8 heteroatoms. The average molecular weight is 390 g/mol. The number of nitrogens with zero attached hydrogens (tertiary/aromatic N) is 2. The summed E-state index contributed by atoms with van der Waals surface area (Å²) in [7, 11) is 1.51. The molecule has 0 aliphatic rings. The number of hydrogen-bond acceptors (Lipinski definition) is 6. The van der Waals surface area contributed by atoms with Gasteiger partial charge in [-0.25, -0.2) is 0 Å². The van der Waals surface area contributed by atoms with E-state index in [-0.39, 0.29) is 16.8 Å². The fourth-order valence-electron chi connectivity index (χ4n) is 3.21. The van der Waals surface area contributed by atoms with Gasteiger partial charge in [-0.05, 0) is 37.3 Å². The lowest BCUT2D eigenvalue weighted by atomic mass is 10.0. The normalized spacial score (nSPS) is 10.4. The maximum Gasteiger partial charge on any atom is 0.238 e. The summed E-state index contributed by atoms with van der Waals surface area (Å²) >= 11 is 0. The number of fused-ring (bicyclic) bond motifs is 1. The van der Waals surface area contributed by atoms with E-state index in [1.165, 1.54) is 19.2 Å². The van der Waals surface area contributed by atoms with Crippen LogP contribution in [0.5, 0.6) is 5.75 Å². The third-order valence-corrected chi connectivity index (χ3v) is 4.46. The molecule has 29 heavy (non-hydrogen) atoms. The molecule has 2 heterocycles. The lowest BCUT2D eigenvalue weighted by Gasteiger charge is -2.13. The fourth-order valence-corrected chi connectivity index (χ4v) is 3.21. The Hall–Kier alpha value is -4.12. The third-order valence-electron chi connectivity index (χ3n) is 4.46. The van der Waals surface area contributed by atoms with Gasteiger partial charge in [0.2, 0.25) is 11.7 Å². The van der Waals surface area contributed by atoms with Crippen LogP contribution in [0.1, 0.15) is 38.4 Å². The summed E-state index contributed by atoms with van der Waals surface area (Å²) in [5.74, 6) is -2.08. The van der Waals surface area contributed by atoms with Gasteiger partial charge in [0.1, 0.15) is 17.9 Å². The van der Waals surface area contributed by atoms with Crippen LogP contribution in [-0.2, 0) is 4.79 Å². The summed E-state index contributed by atoms with van der Waals surface area (Å²) in [5.41, 5.74) is 1.37. The Morgan fingerprint density at radius 3 is 2.66 bits per heavy atom. The molecule has 0 radical (unpaired) electrons. The maximum atomic E-state index is 13.2. The number of aromatic carboxylic acids is 1. The largest absolute Gasteiger partial charge is 0.545 e. The van der Waals surface area contributed by atoms with E-state index in [4.69, 9.17) is 10.00 Å². The summed E-state index contributed by atoms with van der Waals surface area (Å²) in [6.07, 6.45) is 1.29. The van der Waals surface area contributed by atoms with E-state index < -0.39 is 24.1 Å². The molecule has 3 aromatic rings. The lowest BCUT2D eigenvalue weighted by molar-refractivity contribution is -0.254. The number of ketones is 1. The molecule has 0 aliphatic carbocycles. The summed E-state index contributed by atoms with van der Waals surface area (Å²) in [5, 5.41) is 22.4. The minimum atomic E-state index is -1.55. The van der Waals surface area contributed by atoms with Crippen LogP contribution in [-0.4, -0.2) is 29.2 Å². The Balaban J connectivity index is 2.09. The topological polar surface area (TPSA) is 124 Å². The van der Waals surface area contributed by atoms with Crippen molar-refractivity contribution in [3.05, 3.63) is 65.0 Å². The number of ether oxygens (including phenoxy) is 1. The number of aromatic nitrogens is 1. The summed E-state index contributed by atoms with van der Waals surface area (Å²) in [6.45, 7) is 1.75. The molecule has 1 N–H and O–H groups in total. The van der Waals surface area contributed by atoms with E-state index in [1.54, 1.807) is 29.7 Å². The van der Waals surface area contributed by atoms with Crippen LogP contribution in [0.25, 0.3) is 5.52 Å². The zero-order valence-electron chi connectivity index (χ0n) is 15.7. The molecule has 146 valence electrons. The zero-order chi connectivity index (χ0) is 21.1. The van der Waals surface area contributed by atoms with Crippen molar-refractivity contribution in [2.75, 3.05) is 12.4 Å². The molecule has 0 spiro atoms. The second-order valence-corrected chi connectivity index (χ2v) is 6.22. The second kappa shape index (κ2) is 7.86. The number of carboxylic acid groups (broad SMARTS) is 1. The third kappa shape index (κ3) is 3.53. The number of benzene rings is 1. The van der Waals surface area contributed by atoms with Gasteiger partial charge in [0.05, 0.1) is 24.7 Å². The van der Waals surface area contributed by atoms with Gasteiger partial charge in [-0.15, -0.1) is 0 Å². The summed E-state index contributed by atoms with van der Waals surface area (Å²) < 4.78 is 7.10. The number of methoxy groups -OCH3 is 1. The Morgan fingerprint density at radius 1 is 1.24 bits per heavy atom. The van der Waals surface area contributed by atoms with E-state index >= 15 is 0 Å². The van der Waals surface area contributed by atoms with Gasteiger partial charge in [0.15, 0.2) is 0 Å². The number of pyridine rings is 1. The Morgan fingerprint density at radius 2 is 2.00 bits per heavy atom. The first kappa shape index (κ1) is 19.6. The molecule has 0 saturated heterocycles. The molecule has 1 aromatic carbocycles. The minimum Gasteiger partial charge on any atom is -0.545 e. The van der Waals surface area contributed by atoms with Crippen LogP contribution < -0.4 is 15.2 Å². The molecule has 2 aromatic heterocycles. The number of amides is 1. The van der Waals surface area contributed by atoms with Crippen LogP contribution in [0.2, 0.25) is 0 Å². The predicted octanol–water partition coefficient (Wildman–Crippen LogP) is 1.70. The number of nitrogens with one attached hydrogen (secondary N) is 1. The standard InChI is InChI=1S/C21H17N3O5/c1-12-18(24-10-4-3-5-16(24)20(12)29-2)19(26)13-6-7-15(14(11-13)21(27)28)23-17(25)8-9-22/h3-7,10-11H,8H2,1-2H3,(H,23,25)(H,27,28)/p-1. The molecule has 0 aliphatic heterocycles. The predicted molar refractivity (Wildman–Crippen MR) is 102 cm³/mol. The maximum absolute atomic E-state index is 13.2. The van der Waals surface area contributed by atoms with Crippen molar-refractivity contribution < 1.29 is 24.2 Å². The van der Waals surface area contributed by atoms with Crippen molar-refractivity contribution in [2.45, 2.75) is 13.3 Å². The lowest BCUT2D eigenvalue weighted by Crippen LogP contribution is -2.25. The minimum absolute atomic E-state index is 0.0453. The molecule has 0 fully saturated rings. The second-order valence-electron chi connectivity index (χ2n) is 6.22. The van der Waals surface area contributed by atoms with E-state index in [9.17, 15) is 19.5 Å². The Labute approximate surface area is 165 Å². The number of rotatable bonds is 6. The van der Waals surface area contributed by atoms with Gasteiger partial charge in [-0.3, -0.25) is 9.59 Å². The van der Waals surface area contributed by atoms with Crippen LogP contribution in [0, 0.1) is 18.3 Å². The number of anilines is 1.